The topological polar surface area (TPSA) is 120 Å². The van der Waals surface area contributed by atoms with Crippen LogP contribution in [0.2, 0.25) is 0 Å². The summed E-state index contributed by atoms with van der Waals surface area (Å²) in [6.45, 7) is 5.40. The minimum absolute atomic E-state index is 0.0181. The molecule has 2 rings (SSSR count). The Morgan fingerprint density at radius 3 is 2.56 bits per heavy atom. The molecule has 0 radical (unpaired) electrons. The van der Waals surface area contributed by atoms with Crippen LogP contribution in [-0.4, -0.2) is 17.5 Å². The fourth-order valence-corrected chi connectivity index (χ4v) is 2.44. The molecule has 0 aliphatic carbocycles. The Balaban J connectivity index is 2.08. The van der Waals surface area contributed by atoms with Gasteiger partial charge in [0.15, 0.2) is 0 Å². The lowest BCUT2D eigenvalue weighted by atomic mass is 10.1. The number of nitrogen functional groups attached to an aromatic ring is 1. The molecular weight excluding hydrogens is 348 g/mol. The van der Waals surface area contributed by atoms with Gasteiger partial charge in [-0.2, -0.15) is 5.11 Å². The number of nitrogens with zero attached hydrogens (tertiary/aromatic N) is 3. The quantitative estimate of drug-likeness (QED) is 0.185. The third-order valence-electron chi connectivity index (χ3n) is 3.87. The van der Waals surface area contributed by atoms with Crippen LogP contribution in [0.15, 0.2) is 59.3 Å². The molecule has 2 aromatic rings. The standard InChI is InChI=1S/C19H20N4O4/c1-3-15-17(23(25)26)10-9-16(19(15)20)22-21-14-7-5-13(6-8-14)11-12-27-18(24)4-2/h4-10H,2-3,11-12,20H2,1H3. The van der Waals surface area contributed by atoms with E-state index in [1.807, 2.05) is 12.1 Å². The van der Waals surface area contributed by atoms with Gasteiger partial charge in [0, 0.05) is 18.6 Å². The normalized spacial score (nSPS) is 10.7. The number of nitro groups is 1. The number of anilines is 1. The van der Waals surface area contributed by atoms with E-state index in [2.05, 4.69) is 16.8 Å². The second kappa shape index (κ2) is 9.23. The zero-order valence-electron chi connectivity index (χ0n) is 14.9. The second-order valence-corrected chi connectivity index (χ2v) is 5.59. The third kappa shape index (κ3) is 5.21. The summed E-state index contributed by atoms with van der Waals surface area (Å²) in [5.41, 5.74) is 8.67. The van der Waals surface area contributed by atoms with Crippen molar-refractivity contribution in [3.05, 3.63) is 70.3 Å². The predicted molar refractivity (Wildman–Crippen MR) is 102 cm³/mol. The monoisotopic (exact) mass is 368 g/mol. The van der Waals surface area contributed by atoms with Crippen molar-refractivity contribution >= 4 is 28.7 Å². The molecule has 140 valence electrons. The zero-order chi connectivity index (χ0) is 19.8. The van der Waals surface area contributed by atoms with Gasteiger partial charge in [-0.3, -0.25) is 10.1 Å². The second-order valence-electron chi connectivity index (χ2n) is 5.59. The van der Waals surface area contributed by atoms with E-state index in [1.165, 1.54) is 12.1 Å². The van der Waals surface area contributed by atoms with Crippen LogP contribution in [0.5, 0.6) is 0 Å². The van der Waals surface area contributed by atoms with E-state index in [9.17, 15) is 14.9 Å². The highest BCUT2D eigenvalue weighted by Crippen LogP contribution is 2.34. The number of ether oxygens (including phenoxy) is 1. The fourth-order valence-electron chi connectivity index (χ4n) is 2.44. The summed E-state index contributed by atoms with van der Waals surface area (Å²) in [7, 11) is 0. The first-order valence-corrected chi connectivity index (χ1v) is 8.31. The molecule has 0 aliphatic heterocycles. The average Bonchev–Trinajstić information content (AvgIpc) is 2.67. The highest BCUT2D eigenvalue weighted by molar-refractivity contribution is 5.81. The molecule has 2 N–H and O–H groups in total. The molecule has 0 atom stereocenters. The van der Waals surface area contributed by atoms with Gasteiger partial charge in [-0.1, -0.05) is 25.6 Å². The van der Waals surface area contributed by atoms with E-state index < -0.39 is 10.9 Å². The first-order chi connectivity index (χ1) is 13.0. The number of azo groups is 1. The molecule has 0 unspecified atom stereocenters. The van der Waals surface area contributed by atoms with Crippen molar-refractivity contribution < 1.29 is 14.5 Å². The van der Waals surface area contributed by atoms with Crippen LogP contribution in [0.4, 0.5) is 22.7 Å². The molecule has 8 nitrogen and oxygen atoms in total. The lowest BCUT2D eigenvalue weighted by Gasteiger charge is -2.06. The summed E-state index contributed by atoms with van der Waals surface area (Å²) >= 11 is 0. The molecule has 0 amide bonds. The fraction of sp³-hybridized carbons (Fsp3) is 0.211. The Labute approximate surface area is 156 Å². The maximum Gasteiger partial charge on any atom is 0.330 e. The SMILES string of the molecule is C=CC(=O)OCCc1ccc(N=Nc2ccc([N+](=O)[O-])c(CC)c2N)cc1. The van der Waals surface area contributed by atoms with Crippen molar-refractivity contribution in [2.75, 3.05) is 12.3 Å². The van der Waals surface area contributed by atoms with Gasteiger partial charge in [-0.15, -0.1) is 5.11 Å². The van der Waals surface area contributed by atoms with E-state index >= 15 is 0 Å². The van der Waals surface area contributed by atoms with Crippen LogP contribution in [0, 0.1) is 10.1 Å². The maximum atomic E-state index is 11.0. The number of nitrogens with two attached hydrogens (primary N) is 1. The summed E-state index contributed by atoms with van der Waals surface area (Å²) in [6, 6.07) is 10.1. The zero-order valence-corrected chi connectivity index (χ0v) is 14.9. The molecule has 0 bridgehead atoms. The van der Waals surface area contributed by atoms with Crippen molar-refractivity contribution in [3.8, 4) is 0 Å². The van der Waals surface area contributed by atoms with Gasteiger partial charge in [0.25, 0.3) is 5.69 Å². The van der Waals surface area contributed by atoms with Crippen LogP contribution >= 0.6 is 0 Å². The summed E-state index contributed by atoms with van der Waals surface area (Å²) in [5.74, 6) is -0.451. The van der Waals surface area contributed by atoms with E-state index in [0.29, 0.717) is 29.8 Å². The third-order valence-corrected chi connectivity index (χ3v) is 3.87. The lowest BCUT2D eigenvalue weighted by Crippen LogP contribution is -2.04. The lowest BCUT2D eigenvalue weighted by molar-refractivity contribution is -0.385. The van der Waals surface area contributed by atoms with E-state index in [0.717, 1.165) is 11.6 Å². The molecule has 2 aromatic carbocycles. The van der Waals surface area contributed by atoms with E-state index in [1.54, 1.807) is 19.1 Å². The summed E-state index contributed by atoms with van der Waals surface area (Å²) in [5, 5.41) is 19.3. The number of carbonyl (C=O) groups is 1. The first-order valence-electron chi connectivity index (χ1n) is 8.31. The Bertz CT molecular complexity index is 876. The Morgan fingerprint density at radius 1 is 1.26 bits per heavy atom. The summed E-state index contributed by atoms with van der Waals surface area (Å²) in [6.07, 6.45) is 2.13. The van der Waals surface area contributed by atoms with Gasteiger partial charge >= 0.3 is 5.97 Å². The molecular formula is C19H20N4O4. The van der Waals surface area contributed by atoms with Crippen molar-refractivity contribution in [3.63, 3.8) is 0 Å². The molecule has 27 heavy (non-hydrogen) atoms. The van der Waals surface area contributed by atoms with E-state index in [-0.39, 0.29) is 18.0 Å². The number of carbonyl (C=O) groups excluding carboxylic acids is 1. The van der Waals surface area contributed by atoms with Crippen molar-refractivity contribution in [2.24, 2.45) is 10.2 Å². The van der Waals surface area contributed by atoms with Crippen LogP contribution in [0.3, 0.4) is 0 Å². The van der Waals surface area contributed by atoms with Crippen LogP contribution in [-0.2, 0) is 22.4 Å². The minimum Gasteiger partial charge on any atom is -0.462 e. The Hall–Kier alpha value is -3.55. The number of hydrogen-bond donors (Lipinski definition) is 1. The Morgan fingerprint density at radius 2 is 1.96 bits per heavy atom. The van der Waals surface area contributed by atoms with Gasteiger partial charge in [-0.25, -0.2) is 4.79 Å². The first kappa shape index (κ1) is 19.8. The van der Waals surface area contributed by atoms with Crippen LogP contribution in [0.1, 0.15) is 18.1 Å². The molecule has 0 heterocycles. The number of rotatable bonds is 8. The Kier molecular flexibility index (Phi) is 6.76. The van der Waals surface area contributed by atoms with Gasteiger partial charge in [0.1, 0.15) is 5.69 Å². The predicted octanol–water partition coefficient (Wildman–Crippen LogP) is 4.43. The summed E-state index contributed by atoms with van der Waals surface area (Å²) < 4.78 is 4.93. The number of hydrogen-bond acceptors (Lipinski definition) is 7. The number of esters is 1. The average molecular weight is 368 g/mol. The van der Waals surface area contributed by atoms with Gasteiger partial charge in [0.05, 0.1) is 28.5 Å². The van der Waals surface area contributed by atoms with Crippen LogP contribution < -0.4 is 5.73 Å². The molecule has 8 heteroatoms. The van der Waals surface area contributed by atoms with Crippen molar-refractivity contribution in [1.82, 2.24) is 0 Å². The van der Waals surface area contributed by atoms with Gasteiger partial charge < -0.3 is 10.5 Å². The van der Waals surface area contributed by atoms with Crippen molar-refractivity contribution in [1.29, 1.82) is 0 Å². The molecule has 0 fully saturated rings. The van der Waals surface area contributed by atoms with E-state index in [4.69, 9.17) is 10.5 Å². The van der Waals surface area contributed by atoms with Crippen molar-refractivity contribution in [2.45, 2.75) is 19.8 Å². The van der Waals surface area contributed by atoms with Gasteiger partial charge in [-0.05, 0) is 30.2 Å². The smallest absolute Gasteiger partial charge is 0.330 e. The molecule has 0 spiro atoms. The minimum atomic E-state index is -0.457. The summed E-state index contributed by atoms with van der Waals surface area (Å²) in [4.78, 5) is 21.6. The molecule has 0 aliphatic rings. The highest BCUT2D eigenvalue weighted by atomic mass is 16.6. The molecule has 0 aromatic heterocycles. The van der Waals surface area contributed by atoms with Crippen LogP contribution in [0.25, 0.3) is 0 Å². The maximum absolute atomic E-state index is 11.0. The van der Waals surface area contributed by atoms with Gasteiger partial charge in [0.2, 0.25) is 0 Å². The largest absolute Gasteiger partial charge is 0.462 e. The molecule has 0 saturated carbocycles. The number of benzene rings is 2. The number of nitro benzene ring substituents is 1. The molecule has 0 saturated heterocycles. The highest BCUT2D eigenvalue weighted by Gasteiger charge is 2.17.